The van der Waals surface area contributed by atoms with Crippen molar-refractivity contribution in [1.29, 1.82) is 0 Å². The van der Waals surface area contributed by atoms with Crippen LogP contribution in [0.1, 0.15) is 31.6 Å². The van der Waals surface area contributed by atoms with Gasteiger partial charge in [0, 0.05) is 32.1 Å². The van der Waals surface area contributed by atoms with Crippen molar-refractivity contribution in [3.8, 4) is 0 Å². The van der Waals surface area contributed by atoms with Crippen molar-refractivity contribution in [2.24, 2.45) is 4.99 Å². The highest BCUT2D eigenvalue weighted by Crippen LogP contribution is 2.09. The molecule has 1 rings (SSSR count). The molecule has 0 radical (unpaired) electrons. The van der Waals surface area contributed by atoms with Gasteiger partial charge in [0.25, 0.3) is 0 Å². The molecular formula is C17H32N4S. The molecule has 0 saturated carbocycles. The van der Waals surface area contributed by atoms with Crippen LogP contribution in [0.4, 0.5) is 0 Å². The van der Waals surface area contributed by atoms with Crippen LogP contribution in [0.5, 0.6) is 0 Å². The van der Waals surface area contributed by atoms with E-state index in [-0.39, 0.29) is 0 Å². The smallest absolute Gasteiger partial charge is 0.193 e. The second-order valence-corrected chi connectivity index (χ2v) is 6.49. The van der Waals surface area contributed by atoms with E-state index in [2.05, 4.69) is 58.5 Å². The van der Waals surface area contributed by atoms with Crippen LogP contribution in [0.3, 0.4) is 0 Å². The second kappa shape index (κ2) is 11.5. The van der Waals surface area contributed by atoms with Crippen molar-refractivity contribution in [3.05, 3.63) is 22.4 Å². The van der Waals surface area contributed by atoms with Gasteiger partial charge in [0.2, 0.25) is 0 Å². The van der Waals surface area contributed by atoms with Crippen molar-refractivity contribution in [3.63, 3.8) is 0 Å². The first-order valence-corrected chi connectivity index (χ1v) is 9.25. The maximum atomic E-state index is 4.38. The zero-order valence-electron chi connectivity index (χ0n) is 14.6. The van der Waals surface area contributed by atoms with E-state index in [1.165, 1.54) is 24.3 Å². The number of nitrogens with zero attached hydrogens (tertiary/aromatic N) is 3. The maximum Gasteiger partial charge on any atom is 0.193 e. The molecule has 5 heteroatoms. The molecule has 126 valence electrons. The quantitative estimate of drug-likeness (QED) is 0.408. The minimum Gasteiger partial charge on any atom is -0.356 e. The Labute approximate surface area is 140 Å². The van der Waals surface area contributed by atoms with E-state index in [1.807, 2.05) is 18.4 Å². The van der Waals surface area contributed by atoms with E-state index in [9.17, 15) is 0 Å². The van der Waals surface area contributed by atoms with E-state index in [4.69, 9.17) is 0 Å². The van der Waals surface area contributed by atoms with E-state index in [0.29, 0.717) is 0 Å². The van der Waals surface area contributed by atoms with Gasteiger partial charge in [0.15, 0.2) is 5.96 Å². The third kappa shape index (κ3) is 7.27. The van der Waals surface area contributed by atoms with Gasteiger partial charge in [0.1, 0.15) is 0 Å². The lowest BCUT2D eigenvalue weighted by atomic mass is 10.3. The van der Waals surface area contributed by atoms with Gasteiger partial charge in [0.05, 0.1) is 0 Å². The van der Waals surface area contributed by atoms with Gasteiger partial charge in [-0.1, -0.05) is 19.9 Å². The molecule has 1 aromatic rings. The molecule has 0 saturated heterocycles. The van der Waals surface area contributed by atoms with Crippen molar-refractivity contribution < 1.29 is 0 Å². The van der Waals surface area contributed by atoms with E-state index < -0.39 is 0 Å². The van der Waals surface area contributed by atoms with Gasteiger partial charge in [-0.3, -0.25) is 4.99 Å². The van der Waals surface area contributed by atoms with Crippen LogP contribution in [0.25, 0.3) is 0 Å². The minimum absolute atomic E-state index is 0.997. The summed E-state index contributed by atoms with van der Waals surface area (Å²) in [5, 5.41) is 5.61. The first kappa shape index (κ1) is 19.0. The molecule has 0 bridgehead atoms. The zero-order chi connectivity index (χ0) is 16.2. The van der Waals surface area contributed by atoms with Crippen molar-refractivity contribution in [2.45, 2.75) is 33.1 Å². The normalized spacial score (nSPS) is 12.0. The highest BCUT2D eigenvalue weighted by Gasteiger charge is 2.06. The Morgan fingerprint density at radius 1 is 1.23 bits per heavy atom. The van der Waals surface area contributed by atoms with Gasteiger partial charge in [-0.15, -0.1) is 11.3 Å². The van der Waals surface area contributed by atoms with Crippen molar-refractivity contribution >= 4 is 17.3 Å². The SMILES string of the molecule is CCN(CC)CCCCNC(=NC)N(C)CCc1cccs1. The van der Waals surface area contributed by atoms with Crippen molar-refractivity contribution in [2.75, 3.05) is 46.8 Å². The topological polar surface area (TPSA) is 30.9 Å². The molecule has 0 aliphatic carbocycles. The van der Waals surface area contributed by atoms with Gasteiger partial charge in [-0.05, 0) is 50.3 Å². The molecule has 0 aromatic carbocycles. The Kier molecular flexibility index (Phi) is 9.91. The Bertz CT molecular complexity index is 399. The molecule has 1 N–H and O–H groups in total. The average molecular weight is 325 g/mol. The van der Waals surface area contributed by atoms with Crippen LogP contribution in [-0.4, -0.2) is 62.6 Å². The fourth-order valence-corrected chi connectivity index (χ4v) is 3.12. The number of rotatable bonds is 10. The second-order valence-electron chi connectivity index (χ2n) is 5.46. The summed E-state index contributed by atoms with van der Waals surface area (Å²) in [6.07, 6.45) is 3.51. The lowest BCUT2D eigenvalue weighted by molar-refractivity contribution is 0.297. The minimum atomic E-state index is 0.997. The zero-order valence-corrected chi connectivity index (χ0v) is 15.5. The third-order valence-electron chi connectivity index (χ3n) is 3.93. The highest BCUT2D eigenvalue weighted by molar-refractivity contribution is 7.09. The number of thiophene rings is 1. The van der Waals surface area contributed by atoms with Crippen LogP contribution >= 0.6 is 11.3 Å². The first-order chi connectivity index (χ1) is 10.7. The molecule has 22 heavy (non-hydrogen) atoms. The lowest BCUT2D eigenvalue weighted by Gasteiger charge is -2.22. The van der Waals surface area contributed by atoms with Crippen LogP contribution in [-0.2, 0) is 6.42 Å². The number of hydrogen-bond donors (Lipinski definition) is 1. The molecule has 0 atom stereocenters. The fraction of sp³-hybridized carbons (Fsp3) is 0.706. The molecule has 0 spiro atoms. The summed E-state index contributed by atoms with van der Waals surface area (Å²) in [6, 6.07) is 4.31. The fourth-order valence-electron chi connectivity index (χ4n) is 2.42. The van der Waals surface area contributed by atoms with E-state index in [0.717, 1.165) is 38.6 Å². The van der Waals surface area contributed by atoms with Gasteiger partial charge in [-0.25, -0.2) is 0 Å². The predicted molar refractivity (Wildman–Crippen MR) is 99.0 cm³/mol. The maximum absolute atomic E-state index is 4.38. The summed E-state index contributed by atoms with van der Waals surface area (Å²) in [7, 11) is 3.97. The molecule has 0 unspecified atom stereocenters. The molecule has 1 heterocycles. The Morgan fingerprint density at radius 3 is 2.59 bits per heavy atom. The van der Waals surface area contributed by atoms with Crippen LogP contribution in [0, 0.1) is 0 Å². The summed E-state index contributed by atoms with van der Waals surface area (Å²) >= 11 is 1.82. The predicted octanol–water partition coefficient (Wildman–Crippen LogP) is 2.92. The third-order valence-corrected chi connectivity index (χ3v) is 4.86. The molecular weight excluding hydrogens is 292 g/mol. The summed E-state index contributed by atoms with van der Waals surface area (Å²) in [5.41, 5.74) is 0. The van der Waals surface area contributed by atoms with Crippen LogP contribution in [0.15, 0.2) is 22.5 Å². The van der Waals surface area contributed by atoms with Crippen LogP contribution in [0.2, 0.25) is 0 Å². The average Bonchev–Trinajstić information content (AvgIpc) is 3.05. The number of nitrogens with one attached hydrogen (secondary N) is 1. The molecule has 4 nitrogen and oxygen atoms in total. The van der Waals surface area contributed by atoms with E-state index >= 15 is 0 Å². The Balaban J connectivity index is 2.18. The molecule has 1 aromatic heterocycles. The Hall–Kier alpha value is -1.07. The number of hydrogen-bond acceptors (Lipinski definition) is 3. The molecule has 0 fully saturated rings. The van der Waals surface area contributed by atoms with E-state index in [1.54, 1.807) is 0 Å². The summed E-state index contributed by atoms with van der Waals surface area (Å²) in [4.78, 5) is 10.5. The summed E-state index contributed by atoms with van der Waals surface area (Å²) in [5.74, 6) is 0.999. The molecule has 0 aliphatic rings. The summed E-state index contributed by atoms with van der Waals surface area (Å²) < 4.78 is 0. The largest absolute Gasteiger partial charge is 0.356 e. The summed E-state index contributed by atoms with van der Waals surface area (Å²) in [6.45, 7) is 9.95. The van der Waals surface area contributed by atoms with Gasteiger partial charge >= 0.3 is 0 Å². The monoisotopic (exact) mass is 324 g/mol. The number of aliphatic imine (C=N–C) groups is 1. The highest BCUT2D eigenvalue weighted by atomic mass is 32.1. The first-order valence-electron chi connectivity index (χ1n) is 8.37. The Morgan fingerprint density at radius 2 is 2.00 bits per heavy atom. The standard InChI is InChI=1S/C17H32N4S/c1-5-21(6-2)13-8-7-12-19-17(18-3)20(4)14-11-16-10-9-15-22-16/h9-10,15H,5-8,11-14H2,1-4H3,(H,18,19). The lowest BCUT2D eigenvalue weighted by Crippen LogP contribution is -2.40. The molecule has 0 aliphatic heterocycles. The van der Waals surface area contributed by atoms with Crippen molar-refractivity contribution in [1.82, 2.24) is 15.1 Å². The number of likely N-dealkylation sites (N-methyl/N-ethyl adjacent to an activating group) is 1. The van der Waals surface area contributed by atoms with Gasteiger partial charge in [-0.2, -0.15) is 0 Å². The molecule has 0 amide bonds. The number of unbranched alkanes of at least 4 members (excludes halogenated alkanes) is 1. The van der Waals surface area contributed by atoms with Gasteiger partial charge < -0.3 is 15.1 Å². The number of guanidine groups is 1. The van der Waals surface area contributed by atoms with Crippen LogP contribution < -0.4 is 5.32 Å².